The Morgan fingerprint density at radius 2 is 1.68 bits per heavy atom. The Balaban J connectivity index is 1.58. The number of rotatable bonds is 6. The molecule has 0 saturated heterocycles. The molecule has 2 aromatic heterocycles. The molecule has 1 N–H and O–H groups in total. The second-order valence-corrected chi connectivity index (χ2v) is 8.62. The van der Waals surface area contributed by atoms with Gasteiger partial charge in [-0.05, 0) is 50.5 Å². The van der Waals surface area contributed by atoms with Gasteiger partial charge in [-0.3, -0.25) is 4.79 Å². The third-order valence-corrected chi connectivity index (χ3v) is 6.59. The van der Waals surface area contributed by atoms with Crippen LogP contribution in [0, 0.1) is 20.8 Å². The molecule has 0 saturated carbocycles. The smallest absolute Gasteiger partial charge is 0.267 e. The minimum absolute atomic E-state index is 0.142. The van der Waals surface area contributed by atoms with E-state index in [0.29, 0.717) is 15.7 Å². The van der Waals surface area contributed by atoms with E-state index in [1.807, 2.05) is 48.9 Å². The molecule has 0 aliphatic rings. The SMILES string of the molecule is CCc1ccc(NC(=O)c2sc(-n3nc(C)c(Cc4ccccc4)c3C)nc2C)cc1. The van der Waals surface area contributed by atoms with E-state index in [2.05, 4.69) is 48.4 Å². The van der Waals surface area contributed by atoms with Crippen LogP contribution in [0.4, 0.5) is 5.69 Å². The Morgan fingerprint density at radius 1 is 0.968 bits per heavy atom. The standard InChI is InChI=1S/C25H26N4OS/c1-5-19-11-13-21(14-12-19)27-24(30)23-17(3)26-25(31-23)29-18(4)22(16(2)28-29)15-20-9-7-6-8-10-20/h6-14H,5,15H2,1-4H3,(H,27,30). The predicted octanol–water partition coefficient (Wildman–Crippen LogP) is 5.66. The van der Waals surface area contributed by atoms with Crippen LogP contribution < -0.4 is 5.32 Å². The Kier molecular flexibility index (Phi) is 6.00. The topological polar surface area (TPSA) is 59.8 Å². The summed E-state index contributed by atoms with van der Waals surface area (Å²) >= 11 is 1.37. The lowest BCUT2D eigenvalue weighted by Gasteiger charge is -2.05. The van der Waals surface area contributed by atoms with Crippen molar-refractivity contribution in [2.24, 2.45) is 0 Å². The molecule has 5 nitrogen and oxygen atoms in total. The molecule has 1 amide bonds. The molecule has 4 aromatic rings. The van der Waals surface area contributed by atoms with Gasteiger partial charge in [0.15, 0.2) is 0 Å². The summed E-state index contributed by atoms with van der Waals surface area (Å²) in [4.78, 5) is 18.1. The summed E-state index contributed by atoms with van der Waals surface area (Å²) in [6.45, 7) is 8.06. The van der Waals surface area contributed by atoms with Crippen LogP contribution >= 0.6 is 11.3 Å². The van der Waals surface area contributed by atoms with E-state index < -0.39 is 0 Å². The monoisotopic (exact) mass is 430 g/mol. The summed E-state index contributed by atoms with van der Waals surface area (Å²) in [5, 5.41) is 8.42. The van der Waals surface area contributed by atoms with Crippen LogP contribution in [0.15, 0.2) is 54.6 Å². The number of carbonyl (C=O) groups is 1. The van der Waals surface area contributed by atoms with Crippen molar-refractivity contribution >= 4 is 22.9 Å². The van der Waals surface area contributed by atoms with Gasteiger partial charge in [0.2, 0.25) is 5.13 Å². The van der Waals surface area contributed by atoms with Gasteiger partial charge in [-0.15, -0.1) is 0 Å². The molecule has 6 heteroatoms. The van der Waals surface area contributed by atoms with Gasteiger partial charge >= 0.3 is 0 Å². The molecule has 4 rings (SSSR count). The highest BCUT2D eigenvalue weighted by Gasteiger charge is 2.20. The highest BCUT2D eigenvalue weighted by atomic mass is 32.1. The highest BCUT2D eigenvalue weighted by molar-refractivity contribution is 7.16. The summed E-state index contributed by atoms with van der Waals surface area (Å²) in [5.41, 5.74) is 7.21. The van der Waals surface area contributed by atoms with Gasteiger partial charge in [-0.1, -0.05) is 60.7 Å². The number of thiazole rings is 1. The lowest BCUT2D eigenvalue weighted by molar-refractivity contribution is 0.103. The lowest BCUT2D eigenvalue weighted by Crippen LogP contribution is -2.11. The fourth-order valence-corrected chi connectivity index (χ4v) is 4.58. The van der Waals surface area contributed by atoms with E-state index in [1.54, 1.807) is 0 Å². The summed E-state index contributed by atoms with van der Waals surface area (Å²) < 4.78 is 1.86. The van der Waals surface area contributed by atoms with Gasteiger partial charge in [0.05, 0.1) is 11.4 Å². The number of hydrogen-bond acceptors (Lipinski definition) is 4. The predicted molar refractivity (Wildman–Crippen MR) is 126 cm³/mol. The van der Waals surface area contributed by atoms with Crippen LogP contribution in [0.5, 0.6) is 0 Å². The molecule has 0 radical (unpaired) electrons. The summed E-state index contributed by atoms with van der Waals surface area (Å²) in [6.07, 6.45) is 1.80. The maximum Gasteiger partial charge on any atom is 0.267 e. The molecule has 2 aromatic carbocycles. The van der Waals surface area contributed by atoms with Crippen molar-refractivity contribution in [1.82, 2.24) is 14.8 Å². The van der Waals surface area contributed by atoms with Gasteiger partial charge in [0.25, 0.3) is 5.91 Å². The van der Waals surface area contributed by atoms with E-state index in [0.717, 1.165) is 29.9 Å². The molecule has 0 atom stereocenters. The fourth-order valence-electron chi connectivity index (χ4n) is 3.61. The maximum atomic E-state index is 12.9. The molecule has 0 unspecified atom stereocenters. The fraction of sp³-hybridized carbons (Fsp3) is 0.240. The number of amides is 1. The molecule has 158 valence electrons. The second kappa shape index (κ2) is 8.86. The third-order valence-electron chi connectivity index (χ3n) is 5.46. The van der Waals surface area contributed by atoms with Crippen LogP contribution in [0.3, 0.4) is 0 Å². The van der Waals surface area contributed by atoms with Crippen molar-refractivity contribution in [1.29, 1.82) is 0 Å². The van der Waals surface area contributed by atoms with Crippen LogP contribution in [0.1, 0.15) is 50.4 Å². The van der Waals surface area contributed by atoms with E-state index in [9.17, 15) is 4.79 Å². The second-order valence-electron chi connectivity index (χ2n) is 7.64. The first-order chi connectivity index (χ1) is 15.0. The summed E-state index contributed by atoms with van der Waals surface area (Å²) in [5.74, 6) is -0.142. The van der Waals surface area contributed by atoms with Crippen molar-refractivity contribution in [2.45, 2.75) is 40.5 Å². The van der Waals surface area contributed by atoms with Crippen molar-refractivity contribution in [3.8, 4) is 5.13 Å². The molecular formula is C25H26N4OS. The zero-order valence-corrected chi connectivity index (χ0v) is 19.1. The normalized spacial score (nSPS) is 11.0. The zero-order valence-electron chi connectivity index (χ0n) is 18.3. The average molecular weight is 431 g/mol. The van der Waals surface area contributed by atoms with Gasteiger partial charge in [0.1, 0.15) is 4.88 Å². The van der Waals surface area contributed by atoms with Crippen LogP contribution in [-0.2, 0) is 12.8 Å². The highest BCUT2D eigenvalue weighted by Crippen LogP contribution is 2.27. The molecule has 31 heavy (non-hydrogen) atoms. The number of aryl methyl sites for hydroxylation is 3. The van der Waals surface area contributed by atoms with E-state index >= 15 is 0 Å². The molecule has 0 spiro atoms. The number of nitrogens with one attached hydrogen (secondary N) is 1. The molecule has 0 aliphatic carbocycles. The lowest BCUT2D eigenvalue weighted by atomic mass is 10.0. The average Bonchev–Trinajstić information content (AvgIpc) is 3.29. The van der Waals surface area contributed by atoms with Crippen LogP contribution in [0.2, 0.25) is 0 Å². The maximum absolute atomic E-state index is 12.9. The van der Waals surface area contributed by atoms with Gasteiger partial charge < -0.3 is 5.32 Å². The van der Waals surface area contributed by atoms with Crippen molar-refractivity contribution in [3.05, 3.63) is 93.2 Å². The van der Waals surface area contributed by atoms with Crippen molar-refractivity contribution in [3.63, 3.8) is 0 Å². The molecule has 2 heterocycles. The Morgan fingerprint density at radius 3 is 2.35 bits per heavy atom. The number of carbonyl (C=O) groups excluding carboxylic acids is 1. The quantitative estimate of drug-likeness (QED) is 0.429. The molecule has 0 bridgehead atoms. The Labute approximate surface area is 186 Å². The van der Waals surface area contributed by atoms with Crippen molar-refractivity contribution in [2.75, 3.05) is 5.32 Å². The summed E-state index contributed by atoms with van der Waals surface area (Å²) in [6, 6.07) is 18.3. The number of benzene rings is 2. The zero-order chi connectivity index (χ0) is 22.0. The number of aromatic nitrogens is 3. The van der Waals surface area contributed by atoms with Crippen molar-refractivity contribution < 1.29 is 4.79 Å². The van der Waals surface area contributed by atoms with E-state index in [1.165, 1.54) is 28.0 Å². The van der Waals surface area contributed by atoms with Gasteiger partial charge in [-0.2, -0.15) is 5.10 Å². The minimum Gasteiger partial charge on any atom is -0.321 e. The van der Waals surface area contributed by atoms with Gasteiger partial charge in [-0.25, -0.2) is 9.67 Å². The number of nitrogens with zero attached hydrogens (tertiary/aromatic N) is 3. The Bertz CT molecular complexity index is 1210. The molecular weight excluding hydrogens is 404 g/mol. The van der Waals surface area contributed by atoms with Crippen LogP contribution in [-0.4, -0.2) is 20.7 Å². The minimum atomic E-state index is -0.142. The molecule has 0 aliphatic heterocycles. The van der Waals surface area contributed by atoms with Gasteiger partial charge in [0, 0.05) is 23.4 Å². The first-order valence-corrected chi connectivity index (χ1v) is 11.2. The van der Waals surface area contributed by atoms with E-state index in [-0.39, 0.29) is 5.91 Å². The van der Waals surface area contributed by atoms with E-state index in [4.69, 9.17) is 5.10 Å². The summed E-state index contributed by atoms with van der Waals surface area (Å²) in [7, 11) is 0. The third kappa shape index (κ3) is 4.44. The first-order valence-electron chi connectivity index (χ1n) is 10.4. The number of anilines is 1. The Hall–Kier alpha value is -3.25. The van der Waals surface area contributed by atoms with Crippen LogP contribution in [0.25, 0.3) is 5.13 Å². The molecule has 0 fully saturated rings. The number of hydrogen-bond donors (Lipinski definition) is 1. The first kappa shape index (κ1) is 21.0. The largest absolute Gasteiger partial charge is 0.321 e.